The summed E-state index contributed by atoms with van der Waals surface area (Å²) >= 11 is 0. The molecule has 0 aliphatic rings. The Kier molecular flexibility index (Phi) is 4.34. The average molecular weight is 208 g/mol. The number of aromatic nitrogens is 2. The van der Waals surface area contributed by atoms with Crippen molar-refractivity contribution in [3.8, 4) is 0 Å². The lowest BCUT2D eigenvalue weighted by Gasteiger charge is -2.27. The van der Waals surface area contributed by atoms with E-state index in [1.165, 1.54) is 0 Å². The van der Waals surface area contributed by atoms with Crippen LogP contribution < -0.4 is 10.2 Å². The molecule has 0 atom stereocenters. The predicted molar refractivity (Wildman–Crippen MR) is 64.4 cm³/mol. The van der Waals surface area contributed by atoms with E-state index in [0.717, 1.165) is 24.6 Å². The lowest BCUT2D eigenvalue weighted by Crippen LogP contribution is -2.32. The quantitative estimate of drug-likeness (QED) is 0.805. The second-order valence-corrected chi connectivity index (χ2v) is 3.80. The van der Waals surface area contributed by atoms with E-state index >= 15 is 0 Å². The van der Waals surface area contributed by atoms with Gasteiger partial charge in [0.15, 0.2) is 0 Å². The zero-order chi connectivity index (χ0) is 11.3. The Morgan fingerprint density at radius 3 is 2.67 bits per heavy atom. The van der Waals surface area contributed by atoms with Crippen LogP contribution in [0.15, 0.2) is 12.4 Å². The third-order valence-corrected chi connectivity index (χ3v) is 2.26. The van der Waals surface area contributed by atoms with Crippen molar-refractivity contribution in [3.05, 3.63) is 12.4 Å². The summed E-state index contributed by atoms with van der Waals surface area (Å²) in [7, 11) is 1.85. The minimum absolute atomic E-state index is 0.450. The molecule has 0 saturated heterocycles. The highest BCUT2D eigenvalue weighted by molar-refractivity contribution is 5.43. The first-order valence-electron chi connectivity index (χ1n) is 5.45. The first-order chi connectivity index (χ1) is 7.19. The van der Waals surface area contributed by atoms with E-state index in [-0.39, 0.29) is 0 Å². The van der Waals surface area contributed by atoms with Gasteiger partial charge in [0.25, 0.3) is 0 Å². The van der Waals surface area contributed by atoms with Crippen LogP contribution >= 0.6 is 0 Å². The van der Waals surface area contributed by atoms with Gasteiger partial charge in [0.2, 0.25) is 0 Å². The zero-order valence-corrected chi connectivity index (χ0v) is 9.99. The van der Waals surface area contributed by atoms with Gasteiger partial charge in [-0.25, -0.2) is 4.98 Å². The first-order valence-corrected chi connectivity index (χ1v) is 5.45. The summed E-state index contributed by atoms with van der Waals surface area (Å²) < 4.78 is 0. The third kappa shape index (κ3) is 3.08. The van der Waals surface area contributed by atoms with Crippen molar-refractivity contribution in [3.63, 3.8) is 0 Å². The highest BCUT2D eigenvalue weighted by Crippen LogP contribution is 2.15. The number of hydrogen-bond donors (Lipinski definition) is 1. The Morgan fingerprint density at radius 1 is 1.40 bits per heavy atom. The molecule has 0 unspecified atom stereocenters. The Balaban J connectivity index is 2.89. The SMILES string of the molecule is CCCN(c1cncc(NC)n1)C(C)C. The van der Waals surface area contributed by atoms with Crippen molar-refractivity contribution in [2.24, 2.45) is 0 Å². The molecule has 0 bridgehead atoms. The topological polar surface area (TPSA) is 41.1 Å². The van der Waals surface area contributed by atoms with Gasteiger partial charge in [0.05, 0.1) is 12.4 Å². The number of nitrogens with one attached hydrogen (secondary N) is 1. The maximum atomic E-state index is 4.48. The minimum atomic E-state index is 0.450. The van der Waals surface area contributed by atoms with Gasteiger partial charge >= 0.3 is 0 Å². The first kappa shape index (κ1) is 11.8. The highest BCUT2D eigenvalue weighted by Gasteiger charge is 2.11. The standard InChI is InChI=1S/C11H20N4/c1-5-6-15(9(2)3)11-8-13-7-10(12-4)14-11/h7-9H,5-6H2,1-4H3,(H,12,14). The Hall–Kier alpha value is -1.32. The average Bonchev–Trinajstić information content (AvgIpc) is 2.25. The fourth-order valence-corrected chi connectivity index (χ4v) is 1.49. The summed E-state index contributed by atoms with van der Waals surface area (Å²) in [5.74, 6) is 1.76. The van der Waals surface area contributed by atoms with E-state index < -0.39 is 0 Å². The van der Waals surface area contributed by atoms with Crippen LogP contribution in [0.1, 0.15) is 27.2 Å². The van der Waals surface area contributed by atoms with Crippen molar-refractivity contribution in [1.82, 2.24) is 9.97 Å². The predicted octanol–water partition coefficient (Wildman–Crippen LogP) is 2.14. The van der Waals surface area contributed by atoms with Gasteiger partial charge in [-0.15, -0.1) is 0 Å². The fraction of sp³-hybridized carbons (Fsp3) is 0.636. The molecule has 0 spiro atoms. The number of nitrogens with zero attached hydrogens (tertiary/aromatic N) is 3. The van der Waals surface area contributed by atoms with Gasteiger partial charge in [-0.3, -0.25) is 4.98 Å². The Morgan fingerprint density at radius 2 is 2.13 bits per heavy atom. The maximum absolute atomic E-state index is 4.48. The summed E-state index contributed by atoms with van der Waals surface area (Å²) in [6, 6.07) is 0.450. The highest BCUT2D eigenvalue weighted by atomic mass is 15.2. The molecule has 0 aliphatic carbocycles. The molecule has 0 saturated carbocycles. The lowest BCUT2D eigenvalue weighted by molar-refractivity contribution is 0.661. The van der Waals surface area contributed by atoms with Gasteiger partial charge in [0, 0.05) is 19.6 Å². The van der Waals surface area contributed by atoms with E-state index in [1.807, 2.05) is 13.2 Å². The molecule has 0 amide bonds. The molecule has 4 nitrogen and oxygen atoms in total. The molecule has 0 fully saturated rings. The normalized spacial score (nSPS) is 10.5. The third-order valence-electron chi connectivity index (χ3n) is 2.26. The van der Waals surface area contributed by atoms with Gasteiger partial charge < -0.3 is 10.2 Å². The van der Waals surface area contributed by atoms with Crippen molar-refractivity contribution >= 4 is 11.6 Å². The van der Waals surface area contributed by atoms with Crippen LogP contribution in [0.25, 0.3) is 0 Å². The monoisotopic (exact) mass is 208 g/mol. The van der Waals surface area contributed by atoms with Crippen molar-refractivity contribution in [2.45, 2.75) is 33.2 Å². The van der Waals surface area contributed by atoms with Crippen LogP contribution in [0.2, 0.25) is 0 Å². The van der Waals surface area contributed by atoms with Gasteiger partial charge in [-0.05, 0) is 20.3 Å². The maximum Gasteiger partial charge on any atom is 0.149 e. The van der Waals surface area contributed by atoms with Crippen LogP contribution in [0.3, 0.4) is 0 Å². The molecule has 0 aliphatic heterocycles. The molecule has 4 heteroatoms. The minimum Gasteiger partial charge on any atom is -0.372 e. The molecule has 15 heavy (non-hydrogen) atoms. The largest absolute Gasteiger partial charge is 0.372 e. The Bertz CT molecular complexity index is 298. The summed E-state index contributed by atoms with van der Waals surface area (Å²) in [6.07, 6.45) is 4.66. The molecule has 0 aromatic carbocycles. The molecule has 1 N–H and O–H groups in total. The summed E-state index contributed by atoms with van der Waals surface area (Å²) in [4.78, 5) is 10.9. The van der Waals surface area contributed by atoms with Crippen molar-refractivity contribution in [2.75, 3.05) is 23.8 Å². The second-order valence-electron chi connectivity index (χ2n) is 3.80. The molecule has 1 aromatic rings. The van der Waals surface area contributed by atoms with Gasteiger partial charge in [-0.1, -0.05) is 6.92 Å². The molecular weight excluding hydrogens is 188 g/mol. The Labute approximate surface area is 91.7 Å². The molecule has 84 valence electrons. The van der Waals surface area contributed by atoms with Gasteiger partial charge in [0.1, 0.15) is 11.6 Å². The van der Waals surface area contributed by atoms with Crippen LogP contribution in [-0.4, -0.2) is 29.6 Å². The van der Waals surface area contributed by atoms with E-state index in [1.54, 1.807) is 6.20 Å². The summed E-state index contributed by atoms with van der Waals surface area (Å²) in [6.45, 7) is 7.52. The number of rotatable bonds is 5. The molecule has 1 rings (SSSR count). The van der Waals surface area contributed by atoms with Crippen LogP contribution in [0.4, 0.5) is 11.6 Å². The second kappa shape index (κ2) is 5.53. The number of hydrogen-bond acceptors (Lipinski definition) is 4. The van der Waals surface area contributed by atoms with Crippen LogP contribution in [-0.2, 0) is 0 Å². The fourth-order valence-electron chi connectivity index (χ4n) is 1.49. The van der Waals surface area contributed by atoms with Gasteiger partial charge in [-0.2, -0.15) is 0 Å². The number of anilines is 2. The smallest absolute Gasteiger partial charge is 0.149 e. The van der Waals surface area contributed by atoms with Crippen LogP contribution in [0.5, 0.6) is 0 Å². The van der Waals surface area contributed by atoms with E-state index in [9.17, 15) is 0 Å². The van der Waals surface area contributed by atoms with Crippen molar-refractivity contribution < 1.29 is 0 Å². The van der Waals surface area contributed by atoms with E-state index in [0.29, 0.717) is 6.04 Å². The molecular formula is C11H20N4. The van der Waals surface area contributed by atoms with E-state index in [2.05, 4.69) is 41.0 Å². The van der Waals surface area contributed by atoms with E-state index in [4.69, 9.17) is 0 Å². The summed E-state index contributed by atoms with van der Waals surface area (Å²) in [5.41, 5.74) is 0. The zero-order valence-electron chi connectivity index (χ0n) is 9.99. The van der Waals surface area contributed by atoms with Crippen molar-refractivity contribution in [1.29, 1.82) is 0 Å². The lowest BCUT2D eigenvalue weighted by atomic mass is 10.3. The summed E-state index contributed by atoms with van der Waals surface area (Å²) in [5, 5.41) is 3.00. The van der Waals surface area contributed by atoms with Crippen LogP contribution in [0, 0.1) is 0 Å². The molecule has 0 radical (unpaired) electrons. The molecule has 1 heterocycles. The molecule has 1 aromatic heterocycles.